The van der Waals surface area contributed by atoms with E-state index in [0.29, 0.717) is 24.0 Å². The van der Waals surface area contributed by atoms with Crippen LogP contribution in [0.1, 0.15) is 23.1 Å². The van der Waals surface area contributed by atoms with Crippen LogP contribution in [0.4, 0.5) is 5.69 Å². The van der Waals surface area contributed by atoms with Gasteiger partial charge < -0.3 is 19.9 Å². The van der Waals surface area contributed by atoms with E-state index in [9.17, 15) is 0 Å². The Hall–Kier alpha value is -1.92. The monoisotopic (exact) mass is 288 g/mol. The van der Waals surface area contributed by atoms with Crippen molar-refractivity contribution in [3.63, 3.8) is 0 Å². The fraction of sp³-hybridized carbons (Fsp3) is 0.467. The second-order valence-corrected chi connectivity index (χ2v) is 5.59. The molecule has 0 radical (unpaired) electrons. The number of nitrogens with zero attached hydrogens (tertiary/aromatic N) is 3. The predicted octanol–water partition coefficient (Wildman–Crippen LogP) is 1.94. The van der Waals surface area contributed by atoms with E-state index in [4.69, 9.17) is 15.0 Å². The van der Waals surface area contributed by atoms with Crippen LogP contribution in [-0.4, -0.2) is 41.8 Å². The van der Waals surface area contributed by atoms with Gasteiger partial charge >= 0.3 is 0 Å². The standard InChI is InChI=1S/C15H20N4O2/c1-9-6-11(16)7-12(10(9)2)15-17-14(18-21-15)13-8-19(3)4-5-20-13/h6-7,13H,4-5,8,16H2,1-3H3. The Kier molecular flexibility index (Phi) is 3.65. The number of aromatic nitrogens is 2. The third kappa shape index (κ3) is 2.77. The van der Waals surface area contributed by atoms with E-state index < -0.39 is 0 Å². The van der Waals surface area contributed by atoms with Gasteiger partial charge in [-0.3, -0.25) is 0 Å². The Morgan fingerprint density at radius 2 is 2.14 bits per heavy atom. The van der Waals surface area contributed by atoms with Crippen molar-refractivity contribution < 1.29 is 9.26 Å². The van der Waals surface area contributed by atoms with Gasteiger partial charge in [0.15, 0.2) is 0 Å². The summed E-state index contributed by atoms with van der Waals surface area (Å²) in [4.78, 5) is 6.69. The molecule has 1 atom stereocenters. The molecule has 0 saturated carbocycles. The van der Waals surface area contributed by atoms with Gasteiger partial charge in [-0.2, -0.15) is 4.98 Å². The number of likely N-dealkylation sites (N-methyl/N-ethyl adjacent to an activating group) is 1. The molecule has 0 amide bonds. The molecule has 1 unspecified atom stereocenters. The minimum atomic E-state index is -0.135. The number of nitrogen functional groups attached to an aromatic ring is 1. The van der Waals surface area contributed by atoms with Crippen LogP contribution >= 0.6 is 0 Å². The molecule has 2 N–H and O–H groups in total. The molecule has 0 aliphatic carbocycles. The van der Waals surface area contributed by atoms with Crippen LogP contribution in [0, 0.1) is 13.8 Å². The molecule has 1 aliphatic rings. The molecule has 2 aromatic rings. The van der Waals surface area contributed by atoms with Gasteiger partial charge in [-0.1, -0.05) is 5.16 Å². The molecule has 1 saturated heterocycles. The molecular weight excluding hydrogens is 268 g/mol. The van der Waals surface area contributed by atoms with Crippen LogP contribution in [-0.2, 0) is 4.74 Å². The first-order chi connectivity index (χ1) is 10.0. The van der Waals surface area contributed by atoms with Crippen molar-refractivity contribution in [3.8, 4) is 11.5 Å². The summed E-state index contributed by atoms with van der Waals surface area (Å²) in [5.41, 5.74) is 9.70. The molecule has 1 aromatic carbocycles. The number of morpholine rings is 1. The maximum absolute atomic E-state index is 5.91. The van der Waals surface area contributed by atoms with E-state index in [-0.39, 0.29) is 6.10 Å². The van der Waals surface area contributed by atoms with Crippen molar-refractivity contribution >= 4 is 5.69 Å². The number of hydrogen-bond acceptors (Lipinski definition) is 6. The molecule has 2 heterocycles. The summed E-state index contributed by atoms with van der Waals surface area (Å²) < 4.78 is 11.1. The zero-order valence-electron chi connectivity index (χ0n) is 12.6. The first kappa shape index (κ1) is 14.0. The van der Waals surface area contributed by atoms with Crippen molar-refractivity contribution in [2.75, 3.05) is 32.5 Å². The summed E-state index contributed by atoms with van der Waals surface area (Å²) in [5.74, 6) is 1.09. The number of anilines is 1. The van der Waals surface area contributed by atoms with Gasteiger partial charge in [-0.15, -0.1) is 0 Å². The molecule has 0 spiro atoms. The normalized spacial score (nSPS) is 19.9. The van der Waals surface area contributed by atoms with Crippen LogP contribution in [0.5, 0.6) is 0 Å². The predicted molar refractivity (Wildman–Crippen MR) is 79.8 cm³/mol. The molecular formula is C15H20N4O2. The van der Waals surface area contributed by atoms with Crippen LogP contribution in [0.3, 0.4) is 0 Å². The fourth-order valence-electron chi connectivity index (χ4n) is 2.52. The Morgan fingerprint density at radius 3 is 2.90 bits per heavy atom. The van der Waals surface area contributed by atoms with Crippen LogP contribution < -0.4 is 5.73 Å². The average molecular weight is 288 g/mol. The zero-order chi connectivity index (χ0) is 15.0. The average Bonchev–Trinajstić information content (AvgIpc) is 2.92. The minimum absolute atomic E-state index is 0.135. The highest BCUT2D eigenvalue weighted by atomic mass is 16.5. The Balaban J connectivity index is 1.91. The molecule has 1 fully saturated rings. The highest BCUT2D eigenvalue weighted by Gasteiger charge is 2.25. The third-order valence-corrected chi connectivity index (χ3v) is 3.92. The highest BCUT2D eigenvalue weighted by Crippen LogP contribution is 2.28. The number of ether oxygens (including phenoxy) is 1. The van der Waals surface area contributed by atoms with Crippen molar-refractivity contribution in [1.29, 1.82) is 0 Å². The molecule has 21 heavy (non-hydrogen) atoms. The van der Waals surface area contributed by atoms with E-state index in [0.717, 1.165) is 29.8 Å². The fourth-order valence-corrected chi connectivity index (χ4v) is 2.52. The molecule has 112 valence electrons. The molecule has 3 rings (SSSR count). The number of benzene rings is 1. The van der Waals surface area contributed by atoms with Gasteiger partial charge in [-0.25, -0.2) is 0 Å². The lowest BCUT2D eigenvalue weighted by molar-refractivity contribution is -0.0264. The maximum atomic E-state index is 5.91. The SMILES string of the molecule is Cc1cc(N)cc(-c2nc(C3CN(C)CCO3)no2)c1C. The van der Waals surface area contributed by atoms with Crippen molar-refractivity contribution in [1.82, 2.24) is 15.0 Å². The Morgan fingerprint density at radius 1 is 1.33 bits per heavy atom. The summed E-state index contributed by atoms with van der Waals surface area (Å²) in [6, 6.07) is 3.81. The second-order valence-electron chi connectivity index (χ2n) is 5.59. The number of nitrogens with two attached hydrogens (primary N) is 1. The molecule has 6 heteroatoms. The summed E-state index contributed by atoms with van der Waals surface area (Å²) in [6.07, 6.45) is -0.135. The zero-order valence-corrected chi connectivity index (χ0v) is 12.6. The summed E-state index contributed by atoms with van der Waals surface area (Å²) in [7, 11) is 2.06. The van der Waals surface area contributed by atoms with Crippen LogP contribution in [0.15, 0.2) is 16.7 Å². The van der Waals surface area contributed by atoms with Crippen LogP contribution in [0.2, 0.25) is 0 Å². The van der Waals surface area contributed by atoms with Crippen LogP contribution in [0.25, 0.3) is 11.5 Å². The Labute approximate surface area is 123 Å². The van der Waals surface area contributed by atoms with E-state index in [1.165, 1.54) is 0 Å². The van der Waals surface area contributed by atoms with Gasteiger partial charge in [0.2, 0.25) is 5.82 Å². The van der Waals surface area contributed by atoms with Gasteiger partial charge in [0.05, 0.1) is 6.61 Å². The highest BCUT2D eigenvalue weighted by molar-refractivity contribution is 5.66. The molecule has 1 aromatic heterocycles. The Bertz CT molecular complexity index is 653. The van der Waals surface area contributed by atoms with Gasteiger partial charge in [0.1, 0.15) is 6.10 Å². The van der Waals surface area contributed by atoms with E-state index in [1.807, 2.05) is 26.0 Å². The van der Waals surface area contributed by atoms with Gasteiger partial charge in [-0.05, 0) is 44.2 Å². The smallest absolute Gasteiger partial charge is 0.258 e. The summed E-state index contributed by atoms with van der Waals surface area (Å²) >= 11 is 0. The quantitative estimate of drug-likeness (QED) is 0.851. The van der Waals surface area contributed by atoms with E-state index in [1.54, 1.807) is 0 Å². The molecule has 0 bridgehead atoms. The van der Waals surface area contributed by atoms with Gasteiger partial charge in [0, 0.05) is 24.3 Å². The number of rotatable bonds is 2. The maximum Gasteiger partial charge on any atom is 0.258 e. The summed E-state index contributed by atoms with van der Waals surface area (Å²) in [5, 5.41) is 4.07. The van der Waals surface area contributed by atoms with Crippen molar-refractivity contribution in [3.05, 3.63) is 29.1 Å². The third-order valence-electron chi connectivity index (χ3n) is 3.92. The lowest BCUT2D eigenvalue weighted by Crippen LogP contribution is -2.35. The lowest BCUT2D eigenvalue weighted by Gasteiger charge is -2.27. The topological polar surface area (TPSA) is 77.4 Å². The van der Waals surface area contributed by atoms with Gasteiger partial charge in [0.25, 0.3) is 5.89 Å². The molecule has 1 aliphatic heterocycles. The van der Waals surface area contributed by atoms with Crippen molar-refractivity contribution in [2.45, 2.75) is 20.0 Å². The lowest BCUT2D eigenvalue weighted by atomic mass is 10.0. The first-order valence-corrected chi connectivity index (χ1v) is 7.05. The number of aryl methyl sites for hydroxylation is 1. The van der Waals surface area contributed by atoms with Crippen molar-refractivity contribution in [2.24, 2.45) is 0 Å². The van der Waals surface area contributed by atoms with E-state index >= 15 is 0 Å². The largest absolute Gasteiger partial charge is 0.399 e. The minimum Gasteiger partial charge on any atom is -0.399 e. The molecule has 6 nitrogen and oxygen atoms in total. The second kappa shape index (κ2) is 5.46. The number of hydrogen-bond donors (Lipinski definition) is 1. The van der Waals surface area contributed by atoms with E-state index in [2.05, 4.69) is 22.1 Å². The first-order valence-electron chi connectivity index (χ1n) is 7.05. The summed E-state index contributed by atoms with van der Waals surface area (Å²) in [6.45, 7) is 6.43.